The van der Waals surface area contributed by atoms with Crippen molar-refractivity contribution in [3.63, 3.8) is 0 Å². The summed E-state index contributed by atoms with van der Waals surface area (Å²) in [5, 5.41) is 3.84. The Hall–Kier alpha value is -1.70. The van der Waals surface area contributed by atoms with E-state index < -0.39 is 22.7 Å². The fourth-order valence-electron chi connectivity index (χ4n) is 3.87. The van der Waals surface area contributed by atoms with Gasteiger partial charge in [-0.15, -0.1) is 0 Å². The molecule has 0 aromatic rings. The maximum atomic E-state index is 13.0. The van der Waals surface area contributed by atoms with Crippen molar-refractivity contribution in [1.82, 2.24) is 15.1 Å². The molecule has 0 aliphatic carbocycles. The lowest BCUT2D eigenvalue weighted by Crippen LogP contribution is -2.70. The molecule has 2 atom stereocenters. The molecule has 8 heteroatoms. The number of piperidine rings is 2. The number of likely N-dealkylation sites (tertiary alicyclic amines) is 2. The number of fused-ring (bicyclic) bond motifs is 2. The molecule has 7 nitrogen and oxygen atoms in total. The van der Waals surface area contributed by atoms with Crippen molar-refractivity contribution in [3.05, 3.63) is 0 Å². The molecule has 140 valence electrons. The largest absolute Gasteiger partial charge is 0.459 e. The molecule has 2 aliphatic rings. The summed E-state index contributed by atoms with van der Waals surface area (Å²) >= 11 is 5.46. The Kier molecular flexibility index (Phi) is 5.71. The maximum Gasteiger partial charge on any atom is 0.397 e. The Morgan fingerprint density at radius 1 is 1.12 bits per heavy atom. The Morgan fingerprint density at radius 3 is 2.12 bits per heavy atom. The number of ether oxygens (including phenoxy) is 1. The van der Waals surface area contributed by atoms with E-state index in [9.17, 15) is 14.4 Å². The second kappa shape index (κ2) is 7.27. The summed E-state index contributed by atoms with van der Waals surface area (Å²) in [6, 6.07) is 0. The van der Waals surface area contributed by atoms with Gasteiger partial charge in [-0.25, -0.2) is 4.79 Å². The Bertz CT molecular complexity index is 572. The van der Waals surface area contributed by atoms with Crippen LogP contribution in [-0.4, -0.2) is 71.9 Å². The lowest BCUT2D eigenvalue weighted by atomic mass is 9.64. The van der Waals surface area contributed by atoms with Crippen molar-refractivity contribution >= 4 is 35.0 Å². The minimum Gasteiger partial charge on any atom is -0.459 e. The summed E-state index contributed by atoms with van der Waals surface area (Å²) in [5.74, 6) is -1.41. The van der Waals surface area contributed by atoms with Gasteiger partial charge in [0.15, 0.2) is 10.9 Å². The molecule has 1 amide bonds. The molecular weight excluding hydrogens is 342 g/mol. The van der Waals surface area contributed by atoms with E-state index in [1.807, 2.05) is 18.7 Å². The van der Waals surface area contributed by atoms with Crippen molar-refractivity contribution in [2.75, 3.05) is 39.3 Å². The first-order chi connectivity index (χ1) is 11.7. The number of nitrogens with zero attached hydrogens (tertiary/aromatic N) is 2. The van der Waals surface area contributed by atoms with Gasteiger partial charge in [0.2, 0.25) is 0 Å². The molecule has 2 rings (SSSR count). The molecule has 2 fully saturated rings. The predicted molar refractivity (Wildman–Crippen MR) is 96.9 cm³/mol. The molecule has 2 bridgehead atoms. The molecular formula is C17H27N3O4S. The Labute approximate surface area is 154 Å². The third-order valence-corrected chi connectivity index (χ3v) is 5.21. The van der Waals surface area contributed by atoms with Crippen molar-refractivity contribution in [1.29, 1.82) is 0 Å². The van der Waals surface area contributed by atoms with Gasteiger partial charge in [-0.3, -0.25) is 9.59 Å². The summed E-state index contributed by atoms with van der Waals surface area (Å²) in [4.78, 5) is 40.6. The smallest absolute Gasteiger partial charge is 0.397 e. The highest BCUT2D eigenvalue weighted by Crippen LogP contribution is 2.42. The fraction of sp³-hybridized carbons (Fsp3) is 0.765. The lowest BCUT2D eigenvalue weighted by molar-refractivity contribution is -0.169. The monoisotopic (exact) mass is 369 g/mol. The molecule has 0 saturated carbocycles. The van der Waals surface area contributed by atoms with Crippen molar-refractivity contribution in [3.8, 4) is 0 Å². The summed E-state index contributed by atoms with van der Waals surface area (Å²) < 4.78 is 4.82. The first-order valence-electron chi connectivity index (χ1n) is 8.70. The van der Waals surface area contributed by atoms with Gasteiger partial charge in [0.25, 0.3) is 0 Å². The number of esters is 1. The molecule has 25 heavy (non-hydrogen) atoms. The van der Waals surface area contributed by atoms with E-state index in [1.54, 1.807) is 6.92 Å². The molecule has 0 aromatic heterocycles. The summed E-state index contributed by atoms with van der Waals surface area (Å²) in [6.07, 6.45) is 0.962. The number of rotatable bonds is 3. The van der Waals surface area contributed by atoms with Crippen LogP contribution in [0, 0.1) is 10.8 Å². The fourth-order valence-corrected chi connectivity index (χ4v) is 4.10. The predicted octanol–water partition coefficient (Wildman–Crippen LogP) is 0.574. The zero-order chi connectivity index (χ0) is 18.8. The number of carbonyl (C=O) groups is 3. The van der Waals surface area contributed by atoms with E-state index in [2.05, 4.69) is 12.2 Å². The Balaban J connectivity index is 2.20. The van der Waals surface area contributed by atoms with Crippen LogP contribution in [0.2, 0.25) is 0 Å². The summed E-state index contributed by atoms with van der Waals surface area (Å²) in [6.45, 7) is 9.60. The second-order valence-corrected chi connectivity index (χ2v) is 7.81. The van der Waals surface area contributed by atoms with Crippen LogP contribution in [0.15, 0.2) is 0 Å². The second-order valence-electron chi connectivity index (χ2n) is 7.42. The van der Waals surface area contributed by atoms with Crippen molar-refractivity contribution < 1.29 is 19.1 Å². The molecule has 2 saturated heterocycles. The van der Waals surface area contributed by atoms with Crippen molar-refractivity contribution in [2.24, 2.45) is 10.8 Å². The topological polar surface area (TPSA) is 78.9 Å². The molecule has 0 radical (unpaired) electrons. The quantitative estimate of drug-likeness (QED) is 0.443. The van der Waals surface area contributed by atoms with E-state index in [0.717, 1.165) is 13.0 Å². The number of amides is 1. The standard InChI is InChI=1S/C17H27N3O4S/c1-5-7-18-15(25)20-10-16(3)8-19(12(21)13(22)24-6-2)9-17(4,11-20)14(16)23/h5-11H2,1-4H3,(H,18,25)/t16-,17-/m1/s1. The molecule has 2 aliphatic heterocycles. The number of thiocarbonyl (C=S) groups is 1. The van der Waals surface area contributed by atoms with Gasteiger partial charge in [-0.2, -0.15) is 0 Å². The average Bonchev–Trinajstić information content (AvgIpc) is 2.54. The van der Waals surface area contributed by atoms with Crippen LogP contribution in [0.3, 0.4) is 0 Å². The first kappa shape index (κ1) is 19.6. The number of carbonyl (C=O) groups excluding carboxylic acids is 3. The highest BCUT2D eigenvalue weighted by Gasteiger charge is 2.57. The van der Waals surface area contributed by atoms with E-state index in [-0.39, 0.29) is 25.5 Å². The van der Waals surface area contributed by atoms with Gasteiger partial charge in [0.05, 0.1) is 17.4 Å². The van der Waals surface area contributed by atoms with Crippen LogP contribution in [-0.2, 0) is 19.1 Å². The molecule has 1 N–H and O–H groups in total. The average molecular weight is 369 g/mol. The van der Waals surface area contributed by atoms with Gasteiger partial charge in [0.1, 0.15) is 0 Å². The summed E-state index contributed by atoms with van der Waals surface area (Å²) in [7, 11) is 0. The maximum absolute atomic E-state index is 13.0. The SMILES string of the molecule is CCCNC(=S)N1C[C@@]2(C)CN(C(=O)C(=O)OCC)C[C@](C)(C1)C2=O. The van der Waals surface area contributed by atoms with Gasteiger partial charge in [0, 0.05) is 32.7 Å². The van der Waals surface area contributed by atoms with E-state index in [0.29, 0.717) is 18.2 Å². The van der Waals surface area contributed by atoms with Gasteiger partial charge >= 0.3 is 11.9 Å². The minimum absolute atomic E-state index is 0.127. The summed E-state index contributed by atoms with van der Waals surface area (Å²) in [5.41, 5.74) is -1.52. The van der Waals surface area contributed by atoms with Crippen molar-refractivity contribution in [2.45, 2.75) is 34.1 Å². The zero-order valence-corrected chi connectivity index (χ0v) is 16.2. The van der Waals surface area contributed by atoms with Crippen LogP contribution < -0.4 is 5.32 Å². The van der Waals surface area contributed by atoms with Gasteiger partial charge < -0.3 is 19.9 Å². The first-order valence-corrected chi connectivity index (χ1v) is 9.11. The third-order valence-electron chi connectivity index (χ3n) is 4.81. The number of nitrogens with one attached hydrogen (secondary N) is 1. The Morgan fingerprint density at radius 2 is 1.64 bits per heavy atom. The highest BCUT2D eigenvalue weighted by atomic mass is 32.1. The number of Topliss-reactive ketones (excluding diaryl/α,β-unsaturated/α-hetero) is 1. The zero-order valence-electron chi connectivity index (χ0n) is 15.4. The molecule has 0 spiro atoms. The minimum atomic E-state index is -0.862. The normalized spacial score (nSPS) is 28.6. The number of hydrogen-bond acceptors (Lipinski definition) is 5. The molecule has 0 aromatic carbocycles. The number of ketones is 1. The van der Waals surface area contributed by atoms with Crippen LogP contribution in [0.5, 0.6) is 0 Å². The van der Waals surface area contributed by atoms with E-state index in [4.69, 9.17) is 17.0 Å². The van der Waals surface area contributed by atoms with Crippen LogP contribution in [0.4, 0.5) is 0 Å². The van der Waals surface area contributed by atoms with Crippen LogP contribution in [0.1, 0.15) is 34.1 Å². The van der Waals surface area contributed by atoms with Crippen LogP contribution >= 0.6 is 12.2 Å². The number of hydrogen-bond donors (Lipinski definition) is 1. The lowest BCUT2D eigenvalue weighted by Gasteiger charge is -2.55. The van der Waals surface area contributed by atoms with Gasteiger partial charge in [-0.05, 0) is 39.4 Å². The van der Waals surface area contributed by atoms with E-state index >= 15 is 0 Å². The van der Waals surface area contributed by atoms with Gasteiger partial charge in [-0.1, -0.05) is 6.92 Å². The molecule has 2 heterocycles. The van der Waals surface area contributed by atoms with E-state index in [1.165, 1.54) is 4.90 Å². The van der Waals surface area contributed by atoms with Crippen LogP contribution in [0.25, 0.3) is 0 Å². The third kappa shape index (κ3) is 3.78. The highest BCUT2D eigenvalue weighted by molar-refractivity contribution is 7.80. The molecule has 0 unspecified atom stereocenters.